The van der Waals surface area contributed by atoms with E-state index in [1.165, 1.54) is 6.08 Å². The predicted octanol–water partition coefficient (Wildman–Crippen LogP) is 6.97. The first-order chi connectivity index (χ1) is 19.9. The number of anilines is 1. The Balaban J connectivity index is 1.49. The number of hydrogen-bond acceptors (Lipinski definition) is 5. The number of imide groups is 2. The first-order valence-corrected chi connectivity index (χ1v) is 13.9. The highest BCUT2D eigenvalue weighted by molar-refractivity contribution is 9.10. The van der Waals surface area contributed by atoms with Gasteiger partial charge in [-0.1, -0.05) is 58.4 Å². The second kappa shape index (κ2) is 12.2. The van der Waals surface area contributed by atoms with Crippen molar-refractivity contribution in [3.8, 4) is 11.5 Å². The number of fused-ring (bicyclic) bond motifs is 1. The summed E-state index contributed by atoms with van der Waals surface area (Å²) < 4.78 is 13.0. The Bertz CT molecular complexity index is 1690. The molecule has 4 aromatic carbocycles. The lowest BCUT2D eigenvalue weighted by atomic mass is 10.0. The van der Waals surface area contributed by atoms with Crippen LogP contribution in [0.1, 0.15) is 23.6 Å². The van der Waals surface area contributed by atoms with E-state index in [0.29, 0.717) is 42.4 Å². The molecule has 1 fully saturated rings. The molecule has 206 valence electrons. The van der Waals surface area contributed by atoms with Gasteiger partial charge in [0.15, 0.2) is 11.5 Å². The fourth-order valence-corrected chi connectivity index (χ4v) is 4.90. The van der Waals surface area contributed by atoms with Crippen LogP contribution in [0.5, 0.6) is 11.5 Å². The van der Waals surface area contributed by atoms with Crippen LogP contribution < -0.4 is 19.7 Å². The number of rotatable bonds is 9. The topological polar surface area (TPSA) is 84.9 Å². The highest BCUT2D eigenvalue weighted by atomic mass is 79.9. The van der Waals surface area contributed by atoms with E-state index in [9.17, 15) is 14.4 Å². The van der Waals surface area contributed by atoms with Crippen molar-refractivity contribution < 1.29 is 23.9 Å². The number of allylic oxidation sites excluding steroid dienone is 1. The Morgan fingerprint density at radius 2 is 1.68 bits per heavy atom. The van der Waals surface area contributed by atoms with Crippen LogP contribution in [-0.2, 0) is 22.6 Å². The third-order valence-electron chi connectivity index (χ3n) is 6.51. The molecule has 1 aliphatic heterocycles. The third kappa shape index (κ3) is 6.07. The van der Waals surface area contributed by atoms with Crippen LogP contribution in [0, 0.1) is 0 Å². The van der Waals surface area contributed by atoms with Crippen LogP contribution in [0.3, 0.4) is 0 Å². The second-order valence-electron chi connectivity index (χ2n) is 9.34. The standard InChI is InChI=1S/C33H27BrN2O5/c1-3-7-25-17-22(18-28-31(37)35-33(39)36(32(28)38)27-14-12-26(34)13-15-27)19-29(40-4-2)30(25)41-20-21-10-11-23-8-5-6-9-24(23)16-21/h3,5-6,8-19H,1,4,7,20H2,2H3,(H,35,37,39)/b28-18+. The largest absolute Gasteiger partial charge is 0.490 e. The lowest BCUT2D eigenvalue weighted by molar-refractivity contribution is -0.122. The van der Waals surface area contributed by atoms with E-state index in [4.69, 9.17) is 9.47 Å². The Morgan fingerprint density at radius 1 is 0.927 bits per heavy atom. The Labute approximate surface area is 246 Å². The SMILES string of the molecule is C=CCc1cc(/C=C2\C(=O)NC(=O)N(c3ccc(Br)cc3)C2=O)cc(OCC)c1OCc1ccc2ccccc2c1. The molecule has 1 heterocycles. The summed E-state index contributed by atoms with van der Waals surface area (Å²) in [6, 6.07) is 23.7. The van der Waals surface area contributed by atoms with Crippen molar-refractivity contribution in [2.75, 3.05) is 11.5 Å². The summed E-state index contributed by atoms with van der Waals surface area (Å²) in [6.45, 7) is 6.44. The number of carbonyl (C=O) groups excluding carboxylic acids is 3. The highest BCUT2D eigenvalue weighted by Gasteiger charge is 2.36. The summed E-state index contributed by atoms with van der Waals surface area (Å²) in [5, 5.41) is 4.53. The molecular formula is C33H27BrN2O5. The molecule has 0 radical (unpaired) electrons. The summed E-state index contributed by atoms with van der Waals surface area (Å²) in [7, 11) is 0. The van der Waals surface area contributed by atoms with E-state index in [2.05, 4.69) is 52.1 Å². The fraction of sp³-hybridized carbons (Fsp3) is 0.121. The van der Waals surface area contributed by atoms with Gasteiger partial charge in [-0.3, -0.25) is 14.9 Å². The summed E-state index contributed by atoms with van der Waals surface area (Å²) >= 11 is 3.35. The fourth-order valence-electron chi connectivity index (χ4n) is 4.63. The van der Waals surface area contributed by atoms with Crippen LogP contribution in [0.15, 0.2) is 102 Å². The van der Waals surface area contributed by atoms with Gasteiger partial charge in [0, 0.05) is 10.0 Å². The average Bonchev–Trinajstić information content (AvgIpc) is 2.96. The minimum atomic E-state index is -0.806. The Hall–Kier alpha value is -4.69. The third-order valence-corrected chi connectivity index (χ3v) is 7.04. The normalized spacial score (nSPS) is 14.3. The lowest BCUT2D eigenvalue weighted by Gasteiger charge is -2.26. The van der Waals surface area contributed by atoms with Gasteiger partial charge >= 0.3 is 6.03 Å². The molecule has 0 aliphatic carbocycles. The van der Waals surface area contributed by atoms with Gasteiger partial charge < -0.3 is 9.47 Å². The zero-order valence-corrected chi connectivity index (χ0v) is 23.9. The molecule has 0 aromatic heterocycles. The van der Waals surface area contributed by atoms with Gasteiger partial charge in [0.25, 0.3) is 11.8 Å². The van der Waals surface area contributed by atoms with Crippen LogP contribution in [0.4, 0.5) is 10.5 Å². The van der Waals surface area contributed by atoms with E-state index in [1.807, 2.05) is 31.2 Å². The average molecular weight is 611 g/mol. The number of barbiturate groups is 1. The molecule has 4 amide bonds. The second-order valence-corrected chi connectivity index (χ2v) is 10.3. The molecule has 1 N–H and O–H groups in total. The molecule has 1 saturated heterocycles. The number of amides is 4. The summed E-state index contributed by atoms with van der Waals surface area (Å²) in [4.78, 5) is 39.6. The van der Waals surface area contributed by atoms with E-state index < -0.39 is 17.8 Å². The molecule has 7 nitrogen and oxygen atoms in total. The maximum absolute atomic E-state index is 13.4. The molecule has 5 rings (SSSR count). The highest BCUT2D eigenvalue weighted by Crippen LogP contribution is 2.36. The Kier molecular flexibility index (Phi) is 8.31. The van der Waals surface area contributed by atoms with Gasteiger partial charge in [-0.05, 0) is 83.8 Å². The molecular weight excluding hydrogens is 584 g/mol. The minimum absolute atomic E-state index is 0.177. The van der Waals surface area contributed by atoms with E-state index in [1.54, 1.807) is 36.4 Å². The van der Waals surface area contributed by atoms with Crippen molar-refractivity contribution in [1.82, 2.24) is 5.32 Å². The van der Waals surface area contributed by atoms with Gasteiger partial charge in [0.1, 0.15) is 12.2 Å². The van der Waals surface area contributed by atoms with Gasteiger partial charge in [0.05, 0.1) is 12.3 Å². The van der Waals surface area contributed by atoms with Crippen LogP contribution in [0.2, 0.25) is 0 Å². The van der Waals surface area contributed by atoms with Gasteiger partial charge in [0.2, 0.25) is 0 Å². The number of nitrogens with one attached hydrogen (secondary N) is 1. The number of hydrogen-bond donors (Lipinski definition) is 1. The molecule has 0 spiro atoms. The molecule has 41 heavy (non-hydrogen) atoms. The first-order valence-electron chi connectivity index (χ1n) is 13.1. The molecule has 0 unspecified atom stereocenters. The minimum Gasteiger partial charge on any atom is -0.490 e. The molecule has 1 aliphatic rings. The molecule has 0 bridgehead atoms. The lowest BCUT2D eigenvalue weighted by Crippen LogP contribution is -2.54. The predicted molar refractivity (Wildman–Crippen MR) is 163 cm³/mol. The number of urea groups is 1. The van der Waals surface area contributed by atoms with Gasteiger partial charge in [-0.25, -0.2) is 9.69 Å². The molecule has 0 atom stereocenters. The molecule has 0 saturated carbocycles. The van der Waals surface area contributed by atoms with Crippen LogP contribution >= 0.6 is 15.9 Å². The molecule has 8 heteroatoms. The van der Waals surface area contributed by atoms with Crippen LogP contribution in [0.25, 0.3) is 16.8 Å². The quantitative estimate of drug-likeness (QED) is 0.126. The zero-order chi connectivity index (χ0) is 28.9. The molecule has 4 aromatic rings. The van der Waals surface area contributed by atoms with Crippen molar-refractivity contribution in [2.24, 2.45) is 0 Å². The van der Waals surface area contributed by atoms with Gasteiger partial charge in [-0.15, -0.1) is 6.58 Å². The van der Waals surface area contributed by atoms with E-state index in [-0.39, 0.29) is 5.57 Å². The first kappa shape index (κ1) is 27.9. The van der Waals surface area contributed by atoms with Crippen molar-refractivity contribution in [2.45, 2.75) is 20.0 Å². The van der Waals surface area contributed by atoms with E-state index in [0.717, 1.165) is 31.3 Å². The maximum atomic E-state index is 13.4. The van der Waals surface area contributed by atoms with Gasteiger partial charge in [-0.2, -0.15) is 0 Å². The maximum Gasteiger partial charge on any atom is 0.335 e. The van der Waals surface area contributed by atoms with Crippen LogP contribution in [-0.4, -0.2) is 24.5 Å². The van der Waals surface area contributed by atoms with Crippen molar-refractivity contribution >= 4 is 56.3 Å². The number of halogens is 1. The number of benzene rings is 4. The van der Waals surface area contributed by atoms with Crippen molar-refractivity contribution in [1.29, 1.82) is 0 Å². The summed E-state index contributed by atoms with van der Waals surface area (Å²) in [6.07, 6.45) is 3.67. The number of ether oxygens (including phenoxy) is 2. The number of carbonyl (C=O) groups is 3. The Morgan fingerprint density at radius 3 is 2.41 bits per heavy atom. The summed E-state index contributed by atoms with van der Waals surface area (Å²) in [5.74, 6) is -0.452. The smallest absolute Gasteiger partial charge is 0.335 e. The van der Waals surface area contributed by atoms with Crippen molar-refractivity contribution in [3.63, 3.8) is 0 Å². The number of nitrogens with zero attached hydrogens (tertiary/aromatic N) is 1. The zero-order valence-electron chi connectivity index (χ0n) is 22.4. The monoisotopic (exact) mass is 610 g/mol. The summed E-state index contributed by atoms with van der Waals surface area (Å²) in [5.41, 5.74) is 2.50. The van der Waals surface area contributed by atoms with Crippen molar-refractivity contribution in [3.05, 3.63) is 118 Å². The van der Waals surface area contributed by atoms with E-state index >= 15 is 0 Å².